The minimum Gasteiger partial charge on any atom is -0.652 e. The zero-order valence-corrected chi connectivity index (χ0v) is 4.83. The molecule has 6 heavy (non-hydrogen) atoms. The van der Waals surface area contributed by atoms with Crippen LogP contribution in [0.3, 0.4) is 0 Å². The Balaban J connectivity index is -0.0000000450. The molecule has 0 aromatic carbocycles. The quantitative estimate of drug-likeness (QED) is 0.346. The molecule has 0 amide bonds. The molecule has 0 spiro atoms. The van der Waals surface area contributed by atoms with Crippen LogP contribution in [-0.4, -0.2) is 23.5 Å². The van der Waals surface area contributed by atoms with Crippen molar-refractivity contribution in [3.8, 4) is 0 Å². The zero-order valence-electron chi connectivity index (χ0n) is 2.64. The van der Waals surface area contributed by atoms with E-state index >= 15 is 0 Å². The summed E-state index contributed by atoms with van der Waals surface area (Å²) >= 11 is 0. The first-order chi connectivity index (χ1) is 1.73. The first-order valence-corrected chi connectivity index (χ1v) is 0.612. The Morgan fingerprint density at radius 2 is 1.33 bits per heavy atom. The molecular formula is CAlCoO3+3. The molecule has 5 heteroatoms. The maximum Gasteiger partial charge on any atom is 3.00 e. The molecule has 0 bridgehead atoms. The van der Waals surface area contributed by atoms with Gasteiger partial charge in [-0.2, -0.15) is 0 Å². The summed E-state index contributed by atoms with van der Waals surface area (Å²) in [5.74, 6) is 0. The van der Waals surface area contributed by atoms with Crippen LogP contribution in [0.25, 0.3) is 0 Å². The summed E-state index contributed by atoms with van der Waals surface area (Å²) in [6, 6.07) is 0. The molecule has 0 fully saturated rings. The van der Waals surface area contributed by atoms with Gasteiger partial charge in [-0.15, -0.1) is 0 Å². The Morgan fingerprint density at radius 1 is 1.33 bits per heavy atom. The second kappa shape index (κ2) is 9.00. The Kier molecular flexibility index (Phi) is 24.4. The summed E-state index contributed by atoms with van der Waals surface area (Å²) < 4.78 is 0. The summed E-state index contributed by atoms with van der Waals surface area (Å²) in [5, 5.41) is 16.7. The third-order valence-corrected chi connectivity index (χ3v) is 0. The van der Waals surface area contributed by atoms with Crippen LogP contribution in [0.1, 0.15) is 0 Å². The average Bonchev–Trinajstić information content (AvgIpc) is 0.811. The van der Waals surface area contributed by atoms with E-state index in [0.29, 0.717) is 0 Å². The molecule has 0 aliphatic heterocycles. The van der Waals surface area contributed by atoms with Crippen LogP contribution < -0.4 is 10.2 Å². The molecule has 0 rings (SSSR count). The van der Waals surface area contributed by atoms with Crippen LogP contribution in [0.2, 0.25) is 0 Å². The normalized spacial score (nSPS) is 4.00. The van der Waals surface area contributed by atoms with Crippen molar-refractivity contribution in [1.82, 2.24) is 0 Å². The van der Waals surface area contributed by atoms with Crippen LogP contribution in [0.4, 0.5) is 4.79 Å². The summed E-state index contributed by atoms with van der Waals surface area (Å²) in [4.78, 5) is 8.33. The number of carboxylic acid groups (broad SMARTS) is 2. The second-order valence-electron chi connectivity index (χ2n) is 0.250. The van der Waals surface area contributed by atoms with Crippen LogP contribution >= 0.6 is 0 Å². The number of hydrogen-bond acceptors (Lipinski definition) is 3. The SMILES string of the molecule is O=C([O-])[O-].[Al+3].[Co+2]. The fourth-order valence-electron chi connectivity index (χ4n) is 0. The van der Waals surface area contributed by atoms with Crippen molar-refractivity contribution in [2.24, 2.45) is 0 Å². The Bertz CT molecular complexity index is 33.8. The molecule has 0 aromatic heterocycles. The molecule has 3 nitrogen and oxygen atoms in total. The first kappa shape index (κ1) is 16.2. The summed E-state index contributed by atoms with van der Waals surface area (Å²) in [5.41, 5.74) is 0. The van der Waals surface area contributed by atoms with Gasteiger partial charge in [-0.1, -0.05) is 0 Å². The van der Waals surface area contributed by atoms with Gasteiger partial charge in [-0.3, -0.25) is 0 Å². The van der Waals surface area contributed by atoms with E-state index in [2.05, 4.69) is 0 Å². The molecule has 0 aromatic rings. The smallest absolute Gasteiger partial charge is 0.652 e. The molecule has 0 unspecified atom stereocenters. The fourth-order valence-corrected chi connectivity index (χ4v) is 0. The first-order valence-electron chi connectivity index (χ1n) is 0.612. The molecule has 31 valence electrons. The maximum atomic E-state index is 8.33. The minimum absolute atomic E-state index is 0. The number of carbonyl (C=O) groups is 1. The van der Waals surface area contributed by atoms with Gasteiger partial charge in [0.1, 0.15) is 0 Å². The van der Waals surface area contributed by atoms with Crippen LogP contribution in [0.15, 0.2) is 0 Å². The van der Waals surface area contributed by atoms with Crippen LogP contribution in [0, 0.1) is 0 Å². The van der Waals surface area contributed by atoms with E-state index < -0.39 is 6.16 Å². The van der Waals surface area contributed by atoms with Gasteiger partial charge in [0.2, 0.25) is 0 Å². The Morgan fingerprint density at radius 3 is 1.33 bits per heavy atom. The van der Waals surface area contributed by atoms with Crippen molar-refractivity contribution >= 4 is 23.5 Å². The van der Waals surface area contributed by atoms with E-state index in [1.165, 1.54) is 0 Å². The van der Waals surface area contributed by atoms with Gasteiger partial charge in [-0.05, 0) is 6.16 Å². The van der Waals surface area contributed by atoms with Gasteiger partial charge in [0, 0.05) is 0 Å². The second-order valence-corrected chi connectivity index (χ2v) is 0.250. The Labute approximate surface area is 55.7 Å². The molecule has 0 saturated carbocycles. The van der Waals surface area contributed by atoms with Crippen molar-refractivity contribution in [3.05, 3.63) is 0 Å². The van der Waals surface area contributed by atoms with Gasteiger partial charge in [-0.25, -0.2) is 0 Å². The largest absolute Gasteiger partial charge is 3.00 e. The third kappa shape index (κ3) is 494. The summed E-state index contributed by atoms with van der Waals surface area (Å²) in [6.07, 6.45) is -2.33. The van der Waals surface area contributed by atoms with Crippen molar-refractivity contribution in [1.29, 1.82) is 0 Å². The van der Waals surface area contributed by atoms with Gasteiger partial charge < -0.3 is 15.0 Å². The molecule has 0 aliphatic carbocycles. The van der Waals surface area contributed by atoms with Crippen LogP contribution in [0.5, 0.6) is 0 Å². The molecule has 0 heterocycles. The molecule has 0 aliphatic rings. The van der Waals surface area contributed by atoms with Crippen molar-refractivity contribution < 1.29 is 31.8 Å². The van der Waals surface area contributed by atoms with Gasteiger partial charge in [0.05, 0.1) is 0 Å². The summed E-state index contributed by atoms with van der Waals surface area (Å²) in [6.45, 7) is 0. The minimum atomic E-state index is -2.33. The molecular weight excluding hydrogens is 146 g/mol. The molecule has 0 saturated heterocycles. The van der Waals surface area contributed by atoms with Crippen molar-refractivity contribution in [2.45, 2.75) is 0 Å². The van der Waals surface area contributed by atoms with E-state index in [1.807, 2.05) is 0 Å². The van der Waals surface area contributed by atoms with Gasteiger partial charge >= 0.3 is 34.1 Å². The standard InChI is InChI=1S/CH2O3.Al.Co/c2-1(3)4;;/h(H2,2,3,4);;/q;+3;+2/p-2. The molecule has 0 atom stereocenters. The van der Waals surface area contributed by atoms with E-state index in [1.54, 1.807) is 0 Å². The monoisotopic (exact) mass is 146 g/mol. The predicted octanol–water partition coefficient (Wildman–Crippen LogP) is -2.83. The Hall–Kier alpha value is 0.309. The maximum absolute atomic E-state index is 8.33. The molecule has 0 N–H and O–H groups in total. The van der Waals surface area contributed by atoms with Crippen LogP contribution in [-0.2, 0) is 16.8 Å². The number of carbonyl (C=O) groups excluding carboxylic acids is 1. The van der Waals surface area contributed by atoms with Crippen molar-refractivity contribution in [2.75, 3.05) is 0 Å². The third-order valence-electron chi connectivity index (χ3n) is 0. The molecule has 1 radical (unpaired) electrons. The van der Waals surface area contributed by atoms with Gasteiger partial charge in [0.15, 0.2) is 0 Å². The fraction of sp³-hybridized carbons (Fsp3) is 0. The van der Waals surface area contributed by atoms with E-state index in [0.717, 1.165) is 0 Å². The average molecular weight is 146 g/mol. The van der Waals surface area contributed by atoms with Crippen molar-refractivity contribution in [3.63, 3.8) is 0 Å². The predicted molar refractivity (Wildman–Crippen MR) is 11.1 cm³/mol. The van der Waals surface area contributed by atoms with E-state index in [4.69, 9.17) is 15.0 Å². The van der Waals surface area contributed by atoms with E-state index in [9.17, 15) is 0 Å². The van der Waals surface area contributed by atoms with Gasteiger partial charge in [0.25, 0.3) is 0 Å². The summed E-state index contributed by atoms with van der Waals surface area (Å²) in [7, 11) is 0. The van der Waals surface area contributed by atoms with E-state index in [-0.39, 0.29) is 34.1 Å². The zero-order chi connectivity index (χ0) is 3.58. The number of hydrogen-bond donors (Lipinski definition) is 0. The number of rotatable bonds is 0. The topological polar surface area (TPSA) is 63.2 Å².